The molecule has 2 aromatic heterocycles. The third-order valence-corrected chi connectivity index (χ3v) is 4.52. The van der Waals surface area contributed by atoms with Crippen LogP contribution >= 0.6 is 11.3 Å². The van der Waals surface area contributed by atoms with Crippen LogP contribution in [0.2, 0.25) is 0 Å². The number of carbonyl (C=O) groups is 1. The number of fused-ring (bicyclic) bond motifs is 1. The summed E-state index contributed by atoms with van der Waals surface area (Å²) in [4.78, 5) is 20.6. The van der Waals surface area contributed by atoms with Crippen molar-refractivity contribution < 1.29 is 14.6 Å². The van der Waals surface area contributed by atoms with Crippen LogP contribution in [0.15, 0.2) is 35.7 Å². The van der Waals surface area contributed by atoms with Gasteiger partial charge in [-0.1, -0.05) is 6.07 Å². The predicted octanol–water partition coefficient (Wildman–Crippen LogP) is 2.77. The van der Waals surface area contributed by atoms with Gasteiger partial charge in [-0.2, -0.15) is 4.98 Å². The zero-order valence-corrected chi connectivity index (χ0v) is 13.7. The molecular weight excluding hydrogens is 328 g/mol. The number of nitrogens with one attached hydrogen (secondary N) is 1. The molecule has 0 spiro atoms. The number of hydrogen-bond acceptors (Lipinski definition) is 7. The summed E-state index contributed by atoms with van der Waals surface area (Å²) >= 11 is 1.60. The lowest BCUT2D eigenvalue weighted by Crippen LogP contribution is -2.15. The number of carboxylic acids is 1. The van der Waals surface area contributed by atoms with Gasteiger partial charge >= 0.3 is 5.97 Å². The number of nitrogens with zero attached hydrogens (tertiary/aromatic N) is 2. The molecule has 3 aromatic rings. The molecule has 4 N–H and O–H groups in total. The average Bonchev–Trinajstić information content (AvgIpc) is 3.09. The Bertz CT molecular complexity index is 867. The SMILES string of the molecule is CO[C@@H](CNc1nc(N)nc2ccc(C(=O)O)cc12)c1cccs1. The van der Waals surface area contributed by atoms with Gasteiger partial charge in [0.1, 0.15) is 11.9 Å². The van der Waals surface area contributed by atoms with Crippen molar-refractivity contribution in [1.29, 1.82) is 0 Å². The Morgan fingerprint density at radius 1 is 1.42 bits per heavy atom. The number of hydrogen-bond donors (Lipinski definition) is 3. The molecular formula is C16H16N4O3S. The predicted molar refractivity (Wildman–Crippen MR) is 93.5 cm³/mol. The van der Waals surface area contributed by atoms with Crippen LogP contribution in [-0.4, -0.2) is 34.7 Å². The number of aromatic carboxylic acids is 1. The first-order chi connectivity index (χ1) is 11.6. The molecule has 0 unspecified atom stereocenters. The van der Waals surface area contributed by atoms with Gasteiger partial charge in [-0.05, 0) is 29.6 Å². The number of thiophene rings is 1. The highest BCUT2D eigenvalue weighted by molar-refractivity contribution is 7.10. The maximum absolute atomic E-state index is 11.2. The van der Waals surface area contributed by atoms with Crippen molar-refractivity contribution in [1.82, 2.24) is 9.97 Å². The number of anilines is 2. The molecule has 0 fully saturated rings. The van der Waals surface area contributed by atoms with Crippen LogP contribution in [0.3, 0.4) is 0 Å². The fraction of sp³-hybridized carbons (Fsp3) is 0.188. The molecule has 1 aromatic carbocycles. The first-order valence-electron chi connectivity index (χ1n) is 7.19. The zero-order valence-electron chi connectivity index (χ0n) is 12.9. The van der Waals surface area contributed by atoms with Crippen molar-refractivity contribution in [3.05, 3.63) is 46.2 Å². The maximum Gasteiger partial charge on any atom is 0.335 e. The minimum absolute atomic E-state index is 0.123. The molecule has 7 nitrogen and oxygen atoms in total. The average molecular weight is 344 g/mol. The van der Waals surface area contributed by atoms with E-state index in [-0.39, 0.29) is 17.6 Å². The number of rotatable bonds is 6. The van der Waals surface area contributed by atoms with Crippen LogP contribution < -0.4 is 11.1 Å². The monoisotopic (exact) mass is 344 g/mol. The van der Waals surface area contributed by atoms with Crippen LogP contribution in [0.4, 0.5) is 11.8 Å². The Morgan fingerprint density at radius 2 is 2.25 bits per heavy atom. The van der Waals surface area contributed by atoms with Crippen LogP contribution in [0.1, 0.15) is 21.3 Å². The lowest BCUT2D eigenvalue weighted by atomic mass is 10.1. The number of carboxylic acid groups (broad SMARTS) is 1. The summed E-state index contributed by atoms with van der Waals surface area (Å²) in [6.45, 7) is 0.472. The molecule has 124 valence electrons. The van der Waals surface area contributed by atoms with E-state index in [0.29, 0.717) is 23.3 Å². The third kappa shape index (κ3) is 3.29. The summed E-state index contributed by atoms with van der Waals surface area (Å²) in [5.74, 6) is -0.398. The number of nitrogens with two attached hydrogens (primary N) is 1. The van der Waals surface area contributed by atoms with Crippen LogP contribution in [0, 0.1) is 0 Å². The quantitative estimate of drug-likeness (QED) is 0.630. The Hall–Kier alpha value is -2.71. The molecule has 2 heterocycles. The number of aromatic nitrogens is 2. The van der Waals surface area contributed by atoms with E-state index in [0.717, 1.165) is 4.88 Å². The second-order valence-corrected chi connectivity index (χ2v) is 6.07. The van der Waals surface area contributed by atoms with E-state index in [4.69, 9.17) is 15.6 Å². The highest BCUT2D eigenvalue weighted by atomic mass is 32.1. The van der Waals surface area contributed by atoms with Gasteiger partial charge in [-0.25, -0.2) is 9.78 Å². The molecule has 1 atom stereocenters. The van der Waals surface area contributed by atoms with Crippen LogP contribution in [0.25, 0.3) is 10.9 Å². The lowest BCUT2D eigenvalue weighted by Gasteiger charge is -2.16. The Kier molecular flexibility index (Phi) is 4.59. The summed E-state index contributed by atoms with van der Waals surface area (Å²) < 4.78 is 5.50. The summed E-state index contributed by atoms with van der Waals surface area (Å²) in [6, 6.07) is 8.60. The van der Waals surface area contributed by atoms with E-state index in [1.807, 2.05) is 17.5 Å². The first-order valence-corrected chi connectivity index (χ1v) is 8.07. The number of nitrogen functional groups attached to an aromatic ring is 1. The molecule has 8 heteroatoms. The lowest BCUT2D eigenvalue weighted by molar-refractivity contribution is 0.0697. The van der Waals surface area contributed by atoms with Gasteiger partial charge in [0.25, 0.3) is 0 Å². The van der Waals surface area contributed by atoms with E-state index in [1.54, 1.807) is 24.5 Å². The van der Waals surface area contributed by atoms with Crippen LogP contribution in [-0.2, 0) is 4.74 Å². The third-order valence-electron chi connectivity index (χ3n) is 3.56. The summed E-state index contributed by atoms with van der Waals surface area (Å²) in [7, 11) is 1.64. The van der Waals surface area contributed by atoms with Crippen molar-refractivity contribution in [3.63, 3.8) is 0 Å². The smallest absolute Gasteiger partial charge is 0.335 e. The normalized spacial score (nSPS) is 12.2. The second kappa shape index (κ2) is 6.81. The van der Waals surface area contributed by atoms with Gasteiger partial charge in [-0.3, -0.25) is 0 Å². The minimum atomic E-state index is -1.01. The number of methoxy groups -OCH3 is 1. The van der Waals surface area contributed by atoms with Crippen LogP contribution in [0.5, 0.6) is 0 Å². The van der Waals surface area contributed by atoms with Crippen molar-refractivity contribution in [2.45, 2.75) is 6.10 Å². The van der Waals surface area contributed by atoms with E-state index >= 15 is 0 Å². The van der Waals surface area contributed by atoms with Crippen molar-refractivity contribution in [2.75, 3.05) is 24.7 Å². The first kappa shape index (κ1) is 16.2. The van der Waals surface area contributed by atoms with Gasteiger partial charge in [0.2, 0.25) is 5.95 Å². The second-order valence-electron chi connectivity index (χ2n) is 5.09. The molecule has 0 saturated carbocycles. The molecule has 0 aliphatic rings. The highest BCUT2D eigenvalue weighted by Crippen LogP contribution is 2.26. The number of benzene rings is 1. The van der Waals surface area contributed by atoms with Crippen molar-refractivity contribution in [3.8, 4) is 0 Å². The fourth-order valence-electron chi connectivity index (χ4n) is 2.38. The van der Waals surface area contributed by atoms with E-state index in [2.05, 4.69) is 15.3 Å². The molecule has 0 radical (unpaired) electrons. The van der Waals surface area contributed by atoms with Crippen molar-refractivity contribution >= 4 is 40.0 Å². The van der Waals surface area contributed by atoms with Gasteiger partial charge in [0.05, 0.1) is 11.1 Å². The van der Waals surface area contributed by atoms with Gasteiger partial charge in [0, 0.05) is 23.9 Å². The molecule has 0 amide bonds. The van der Waals surface area contributed by atoms with Crippen molar-refractivity contribution in [2.24, 2.45) is 0 Å². The Balaban J connectivity index is 1.92. The number of ether oxygens (including phenoxy) is 1. The standard InChI is InChI=1S/C16H16N4O3S/c1-23-12(13-3-2-6-24-13)8-18-14-10-7-9(15(21)22)4-5-11(10)19-16(17)20-14/h2-7,12H,8H2,1H3,(H,21,22)(H3,17,18,19,20)/t12-/m0/s1. The summed E-state index contributed by atoms with van der Waals surface area (Å²) in [5, 5.41) is 14.9. The molecule has 0 saturated heterocycles. The molecule has 0 aliphatic carbocycles. The molecule has 0 aliphatic heterocycles. The largest absolute Gasteiger partial charge is 0.478 e. The Labute approximate surface area is 142 Å². The van der Waals surface area contributed by atoms with Gasteiger partial charge < -0.3 is 20.9 Å². The molecule has 0 bridgehead atoms. The van der Waals surface area contributed by atoms with Gasteiger partial charge in [-0.15, -0.1) is 11.3 Å². The zero-order chi connectivity index (χ0) is 17.1. The summed E-state index contributed by atoms with van der Waals surface area (Å²) in [6.07, 6.45) is -0.140. The highest BCUT2D eigenvalue weighted by Gasteiger charge is 2.14. The maximum atomic E-state index is 11.2. The van der Waals surface area contributed by atoms with E-state index in [9.17, 15) is 4.79 Å². The van der Waals surface area contributed by atoms with E-state index in [1.165, 1.54) is 12.1 Å². The Morgan fingerprint density at radius 3 is 2.92 bits per heavy atom. The topological polar surface area (TPSA) is 110 Å². The fourth-order valence-corrected chi connectivity index (χ4v) is 3.18. The molecule has 24 heavy (non-hydrogen) atoms. The van der Waals surface area contributed by atoms with Gasteiger partial charge in [0.15, 0.2) is 0 Å². The van der Waals surface area contributed by atoms with E-state index < -0.39 is 5.97 Å². The summed E-state index contributed by atoms with van der Waals surface area (Å²) in [5.41, 5.74) is 6.50. The minimum Gasteiger partial charge on any atom is -0.478 e. The molecule has 3 rings (SSSR count).